The Hall–Kier alpha value is -3.72. The molecule has 3 heteroatoms. The number of ketones is 1. The van der Waals surface area contributed by atoms with E-state index in [1.54, 1.807) is 12.1 Å². The van der Waals surface area contributed by atoms with Crippen molar-refractivity contribution in [3.05, 3.63) is 106 Å². The molecular weight excluding hydrogens is 334 g/mol. The number of benzene rings is 4. The lowest BCUT2D eigenvalue weighted by Crippen LogP contribution is -2.17. The van der Waals surface area contributed by atoms with E-state index in [1.165, 1.54) is 6.20 Å². The Morgan fingerprint density at radius 2 is 1.26 bits per heavy atom. The van der Waals surface area contributed by atoms with Crippen LogP contribution in [0.4, 0.5) is 0 Å². The van der Waals surface area contributed by atoms with Crippen LogP contribution >= 0.6 is 0 Å². The van der Waals surface area contributed by atoms with Crippen molar-refractivity contribution in [2.45, 2.75) is 0 Å². The number of aromatic nitrogens is 1. The average Bonchev–Trinajstić information content (AvgIpc) is 2.72. The number of para-hydroxylation sites is 1. The molecule has 5 aromatic rings. The van der Waals surface area contributed by atoms with Crippen molar-refractivity contribution in [3.8, 4) is 0 Å². The average molecular weight is 349 g/mol. The summed E-state index contributed by atoms with van der Waals surface area (Å²) >= 11 is 0. The smallest absolute Gasteiger partial charge is 0.200 e. The van der Waals surface area contributed by atoms with Crippen LogP contribution in [0, 0.1) is 0 Å². The maximum atomic E-state index is 13.5. The molecule has 4 aromatic carbocycles. The zero-order valence-electron chi connectivity index (χ0n) is 14.4. The standard InChI is InChI=1S/C24H15NO2/c26-23-19-11-5-6-12-21(19)25-14-20(23)24(27)22-17-9-3-1-7-15(17)13-16-8-2-4-10-18(16)22/h1-14H,(H,25,26). The third kappa shape index (κ3) is 2.36. The van der Waals surface area contributed by atoms with Gasteiger partial charge in [0.1, 0.15) is 0 Å². The highest BCUT2D eigenvalue weighted by Gasteiger charge is 2.20. The molecule has 0 unspecified atom stereocenters. The number of carbonyl (C=O) groups excluding carboxylic acids is 1. The van der Waals surface area contributed by atoms with Crippen LogP contribution < -0.4 is 5.43 Å². The molecule has 1 N–H and O–H groups in total. The fourth-order valence-corrected chi connectivity index (χ4v) is 3.73. The van der Waals surface area contributed by atoms with Gasteiger partial charge >= 0.3 is 0 Å². The zero-order valence-corrected chi connectivity index (χ0v) is 14.4. The number of nitrogens with one attached hydrogen (secondary N) is 1. The van der Waals surface area contributed by atoms with Gasteiger partial charge in [-0.3, -0.25) is 9.59 Å². The van der Waals surface area contributed by atoms with Gasteiger partial charge in [-0.1, -0.05) is 60.7 Å². The first kappa shape index (κ1) is 15.5. The molecule has 0 bridgehead atoms. The van der Waals surface area contributed by atoms with Gasteiger partial charge in [-0.05, 0) is 39.7 Å². The van der Waals surface area contributed by atoms with Crippen molar-refractivity contribution in [3.63, 3.8) is 0 Å². The third-order valence-electron chi connectivity index (χ3n) is 5.03. The molecule has 0 radical (unpaired) electrons. The molecule has 0 aliphatic heterocycles. The molecule has 0 saturated heterocycles. The van der Waals surface area contributed by atoms with E-state index in [-0.39, 0.29) is 16.8 Å². The number of carbonyl (C=O) groups is 1. The Balaban J connectivity index is 1.86. The van der Waals surface area contributed by atoms with Crippen LogP contribution in [0.5, 0.6) is 0 Å². The summed E-state index contributed by atoms with van der Waals surface area (Å²) in [5.41, 5.74) is 1.22. The lowest BCUT2D eigenvalue weighted by atomic mass is 9.91. The van der Waals surface area contributed by atoms with Crippen LogP contribution in [-0.4, -0.2) is 10.8 Å². The maximum Gasteiger partial charge on any atom is 0.200 e. The molecule has 0 saturated carbocycles. The van der Waals surface area contributed by atoms with E-state index in [2.05, 4.69) is 11.1 Å². The summed E-state index contributed by atoms with van der Waals surface area (Å²) < 4.78 is 0. The number of hydrogen-bond acceptors (Lipinski definition) is 2. The largest absolute Gasteiger partial charge is 0.360 e. The summed E-state index contributed by atoms with van der Waals surface area (Å²) in [6.45, 7) is 0. The Morgan fingerprint density at radius 3 is 1.93 bits per heavy atom. The lowest BCUT2D eigenvalue weighted by molar-refractivity contribution is 0.104. The van der Waals surface area contributed by atoms with Gasteiger partial charge in [0.05, 0.1) is 5.56 Å². The minimum absolute atomic E-state index is 0.162. The molecule has 0 spiro atoms. The molecule has 5 rings (SSSR count). The fourth-order valence-electron chi connectivity index (χ4n) is 3.73. The molecule has 27 heavy (non-hydrogen) atoms. The van der Waals surface area contributed by atoms with Gasteiger partial charge in [-0.15, -0.1) is 0 Å². The van der Waals surface area contributed by atoms with Crippen molar-refractivity contribution in [1.82, 2.24) is 4.98 Å². The lowest BCUT2D eigenvalue weighted by Gasteiger charge is -2.11. The highest BCUT2D eigenvalue weighted by atomic mass is 16.1. The monoisotopic (exact) mass is 349 g/mol. The Labute approximate surface area is 154 Å². The molecule has 128 valence electrons. The van der Waals surface area contributed by atoms with Crippen molar-refractivity contribution in [2.24, 2.45) is 0 Å². The second kappa shape index (κ2) is 5.92. The van der Waals surface area contributed by atoms with Gasteiger partial charge in [-0.25, -0.2) is 0 Å². The first-order valence-corrected chi connectivity index (χ1v) is 8.79. The van der Waals surface area contributed by atoms with E-state index < -0.39 is 0 Å². The van der Waals surface area contributed by atoms with Crippen LogP contribution in [0.15, 0.2) is 89.9 Å². The molecule has 3 nitrogen and oxygen atoms in total. The van der Waals surface area contributed by atoms with Crippen LogP contribution in [0.2, 0.25) is 0 Å². The Morgan fingerprint density at radius 1 is 0.704 bits per heavy atom. The van der Waals surface area contributed by atoms with E-state index in [4.69, 9.17) is 0 Å². The molecule has 1 aromatic heterocycles. The van der Waals surface area contributed by atoms with Crippen molar-refractivity contribution in [1.29, 1.82) is 0 Å². The van der Waals surface area contributed by atoms with E-state index in [9.17, 15) is 9.59 Å². The molecule has 1 heterocycles. The topological polar surface area (TPSA) is 49.9 Å². The molecule has 0 fully saturated rings. The SMILES string of the molecule is O=C(c1c[nH]c2ccccc2c1=O)c1c2ccccc2cc2ccccc12. The number of rotatable bonds is 2. The highest BCUT2D eigenvalue weighted by Crippen LogP contribution is 2.30. The van der Waals surface area contributed by atoms with Crippen LogP contribution in [-0.2, 0) is 0 Å². The summed E-state index contributed by atoms with van der Waals surface area (Å²) in [5, 5.41) is 4.20. The zero-order chi connectivity index (χ0) is 18.4. The van der Waals surface area contributed by atoms with E-state index in [1.807, 2.05) is 60.7 Å². The quantitative estimate of drug-likeness (QED) is 0.357. The normalized spacial score (nSPS) is 11.3. The van der Waals surface area contributed by atoms with E-state index in [0.29, 0.717) is 10.9 Å². The van der Waals surface area contributed by atoms with E-state index >= 15 is 0 Å². The summed E-state index contributed by atoms with van der Waals surface area (Å²) in [6.07, 6.45) is 1.53. The summed E-state index contributed by atoms with van der Waals surface area (Å²) in [5.74, 6) is -0.255. The number of pyridine rings is 1. The second-order valence-electron chi connectivity index (χ2n) is 6.60. The second-order valence-corrected chi connectivity index (χ2v) is 6.60. The molecular formula is C24H15NO2. The first-order valence-electron chi connectivity index (χ1n) is 8.79. The number of aromatic amines is 1. The van der Waals surface area contributed by atoms with Gasteiger partial charge < -0.3 is 4.98 Å². The Kier molecular flexibility index (Phi) is 3.41. The van der Waals surface area contributed by atoms with Gasteiger partial charge in [-0.2, -0.15) is 0 Å². The number of H-pyrrole nitrogens is 1. The van der Waals surface area contributed by atoms with Crippen LogP contribution in [0.3, 0.4) is 0 Å². The first-order chi connectivity index (χ1) is 13.2. The van der Waals surface area contributed by atoms with Gasteiger partial charge in [0.15, 0.2) is 5.78 Å². The minimum Gasteiger partial charge on any atom is -0.360 e. The molecule has 0 aliphatic carbocycles. The molecule has 0 atom stereocenters. The van der Waals surface area contributed by atoms with E-state index in [0.717, 1.165) is 27.1 Å². The number of hydrogen-bond donors (Lipinski definition) is 1. The Bertz CT molecular complexity index is 1360. The molecule has 0 aliphatic rings. The predicted octanol–water partition coefficient (Wildman–Crippen LogP) is 5.07. The third-order valence-corrected chi connectivity index (χ3v) is 5.03. The van der Waals surface area contributed by atoms with Gasteiger partial charge in [0.2, 0.25) is 5.43 Å². The van der Waals surface area contributed by atoms with Crippen LogP contribution in [0.25, 0.3) is 32.4 Å². The predicted molar refractivity (Wildman–Crippen MR) is 109 cm³/mol. The highest BCUT2D eigenvalue weighted by molar-refractivity contribution is 6.24. The number of fused-ring (bicyclic) bond motifs is 3. The maximum absolute atomic E-state index is 13.5. The minimum atomic E-state index is -0.255. The van der Waals surface area contributed by atoms with Gasteiger partial charge in [0.25, 0.3) is 0 Å². The summed E-state index contributed by atoms with van der Waals surface area (Å²) in [4.78, 5) is 29.6. The summed E-state index contributed by atoms with van der Waals surface area (Å²) in [7, 11) is 0. The molecule has 0 amide bonds. The fraction of sp³-hybridized carbons (Fsp3) is 0. The summed E-state index contributed by atoms with van der Waals surface area (Å²) in [6, 6.07) is 24.9. The van der Waals surface area contributed by atoms with Crippen LogP contribution in [0.1, 0.15) is 15.9 Å². The van der Waals surface area contributed by atoms with Crippen molar-refractivity contribution < 1.29 is 4.79 Å². The van der Waals surface area contributed by atoms with Crippen molar-refractivity contribution in [2.75, 3.05) is 0 Å². The van der Waals surface area contributed by atoms with Gasteiger partial charge in [0, 0.05) is 22.7 Å². The van der Waals surface area contributed by atoms with Crippen molar-refractivity contribution >= 4 is 38.2 Å².